The van der Waals surface area contributed by atoms with Crippen LogP contribution in [-0.2, 0) is 26.5 Å². The molecule has 7 nitrogen and oxygen atoms in total. The second-order valence-electron chi connectivity index (χ2n) is 11.3. The molecular weight excluding hydrogens is 511 g/mol. The minimum Gasteiger partial charge on any atom is -0.482 e. The van der Waals surface area contributed by atoms with E-state index in [-0.39, 0.29) is 38.0 Å². The first-order valence-corrected chi connectivity index (χ1v) is 13.7. The van der Waals surface area contributed by atoms with Crippen LogP contribution in [0.15, 0.2) is 72.8 Å². The summed E-state index contributed by atoms with van der Waals surface area (Å²) in [6.45, 7) is 4.94. The van der Waals surface area contributed by atoms with Gasteiger partial charge in [0.1, 0.15) is 11.4 Å². The van der Waals surface area contributed by atoms with Crippen LogP contribution in [0.25, 0.3) is 0 Å². The van der Waals surface area contributed by atoms with Gasteiger partial charge in [-0.1, -0.05) is 49.4 Å². The summed E-state index contributed by atoms with van der Waals surface area (Å²) in [7, 11) is 0. The number of aliphatic hydroxyl groups is 1. The Morgan fingerprint density at radius 3 is 2.50 bits per heavy atom. The molecule has 8 heteroatoms. The number of hydrogen-bond acceptors (Lipinski definition) is 5. The van der Waals surface area contributed by atoms with Crippen LogP contribution in [0.1, 0.15) is 38.3 Å². The highest BCUT2D eigenvalue weighted by Gasteiger charge is 2.65. The molecule has 40 heavy (non-hydrogen) atoms. The maximum atomic E-state index is 15.5. The molecule has 3 aliphatic rings. The summed E-state index contributed by atoms with van der Waals surface area (Å²) in [6, 6.07) is 22.5. The highest BCUT2D eigenvalue weighted by Crippen LogP contribution is 2.58. The second-order valence-corrected chi connectivity index (χ2v) is 11.3. The molecule has 0 unspecified atom stereocenters. The van der Waals surface area contributed by atoms with E-state index in [0.29, 0.717) is 17.1 Å². The van der Waals surface area contributed by atoms with Crippen LogP contribution in [0, 0.1) is 11.8 Å². The van der Waals surface area contributed by atoms with Crippen LogP contribution in [0.2, 0.25) is 0 Å². The summed E-state index contributed by atoms with van der Waals surface area (Å²) in [6.07, 6.45) is -0.357. The molecule has 0 aliphatic carbocycles. The molecule has 1 saturated heterocycles. The number of fused-ring (bicyclic) bond motifs is 3. The number of rotatable bonds is 6. The van der Waals surface area contributed by atoms with Gasteiger partial charge in [0, 0.05) is 29.7 Å². The average molecular weight is 545 g/mol. The maximum Gasteiger partial charge on any atom is 0.269 e. The van der Waals surface area contributed by atoms with Crippen molar-refractivity contribution in [2.24, 2.45) is 11.8 Å². The largest absolute Gasteiger partial charge is 0.482 e. The molecule has 3 aromatic rings. The Morgan fingerprint density at radius 1 is 1.02 bits per heavy atom. The Balaban J connectivity index is 1.37. The van der Waals surface area contributed by atoms with Crippen molar-refractivity contribution < 1.29 is 28.6 Å². The molecule has 6 rings (SSSR count). The normalized spacial score (nSPS) is 25.8. The van der Waals surface area contributed by atoms with Crippen molar-refractivity contribution in [1.29, 1.82) is 0 Å². The molecule has 208 valence electrons. The molecule has 0 bridgehead atoms. The molecule has 2 amide bonds. The Kier molecular flexibility index (Phi) is 6.43. The fourth-order valence-corrected chi connectivity index (χ4v) is 6.92. The minimum atomic E-state index is -1.61. The van der Waals surface area contributed by atoms with Gasteiger partial charge in [0.2, 0.25) is 0 Å². The van der Waals surface area contributed by atoms with Crippen molar-refractivity contribution in [3.63, 3.8) is 0 Å². The van der Waals surface area contributed by atoms with Crippen LogP contribution in [-0.4, -0.2) is 41.9 Å². The number of alkyl halides is 1. The van der Waals surface area contributed by atoms with Gasteiger partial charge >= 0.3 is 0 Å². The molecule has 0 radical (unpaired) electrons. The summed E-state index contributed by atoms with van der Waals surface area (Å²) >= 11 is 0. The zero-order chi connectivity index (χ0) is 28.2. The highest BCUT2D eigenvalue weighted by molar-refractivity contribution is 6.08. The van der Waals surface area contributed by atoms with Gasteiger partial charge in [0.15, 0.2) is 12.2 Å². The number of nitrogens with zero attached hydrogens (tertiary/aromatic N) is 2. The highest BCUT2D eigenvalue weighted by atomic mass is 19.1. The second kappa shape index (κ2) is 9.71. The number of amides is 2. The van der Waals surface area contributed by atoms with E-state index in [9.17, 15) is 14.7 Å². The first-order valence-electron chi connectivity index (χ1n) is 13.7. The lowest BCUT2D eigenvalue weighted by Gasteiger charge is -2.32. The number of hydrogen-bond donors (Lipinski definition) is 1. The number of anilines is 3. The third kappa shape index (κ3) is 4.00. The Labute approximate surface area is 233 Å². The van der Waals surface area contributed by atoms with E-state index in [2.05, 4.69) is 0 Å². The maximum absolute atomic E-state index is 15.5. The minimum absolute atomic E-state index is 0.0575. The Hall–Kier alpha value is -3.75. The molecule has 3 heterocycles. The quantitative estimate of drug-likeness (QED) is 0.458. The summed E-state index contributed by atoms with van der Waals surface area (Å²) in [5.41, 5.74) is 0.658. The smallest absolute Gasteiger partial charge is 0.269 e. The first-order chi connectivity index (χ1) is 19.2. The summed E-state index contributed by atoms with van der Waals surface area (Å²) < 4.78 is 27.7. The molecule has 3 aromatic carbocycles. The van der Waals surface area contributed by atoms with E-state index in [4.69, 9.17) is 9.47 Å². The van der Waals surface area contributed by atoms with Crippen molar-refractivity contribution in [2.45, 2.75) is 51.1 Å². The summed E-state index contributed by atoms with van der Waals surface area (Å²) in [5.74, 6) is -0.827. The van der Waals surface area contributed by atoms with Gasteiger partial charge in [0.05, 0.1) is 24.0 Å². The van der Waals surface area contributed by atoms with E-state index in [1.807, 2.05) is 79.7 Å². The number of benzene rings is 3. The SMILES string of the molecule is C[C@H]1[C@H](C(C)(C)F)[C@@H](CCO)O[C@]12C(=O)N(Cc1cccc(N3C(=O)COc4ccccc43)c1)c1ccccc12. The van der Waals surface area contributed by atoms with Crippen molar-refractivity contribution in [1.82, 2.24) is 0 Å². The average Bonchev–Trinajstić information content (AvgIpc) is 3.36. The van der Waals surface area contributed by atoms with E-state index < -0.39 is 29.2 Å². The lowest BCUT2D eigenvalue weighted by molar-refractivity contribution is -0.146. The predicted octanol–water partition coefficient (Wildman–Crippen LogP) is 5.27. The molecule has 4 atom stereocenters. The fraction of sp³-hybridized carbons (Fsp3) is 0.375. The monoisotopic (exact) mass is 544 g/mol. The molecule has 1 fully saturated rings. The van der Waals surface area contributed by atoms with Crippen molar-refractivity contribution in [2.75, 3.05) is 23.0 Å². The Morgan fingerprint density at radius 2 is 1.75 bits per heavy atom. The zero-order valence-corrected chi connectivity index (χ0v) is 22.8. The van der Waals surface area contributed by atoms with Crippen molar-refractivity contribution in [3.05, 3.63) is 83.9 Å². The molecule has 0 aromatic heterocycles. The van der Waals surface area contributed by atoms with E-state index in [0.717, 1.165) is 16.8 Å². The summed E-state index contributed by atoms with van der Waals surface area (Å²) in [4.78, 5) is 30.6. The third-order valence-corrected chi connectivity index (χ3v) is 8.50. The third-order valence-electron chi connectivity index (χ3n) is 8.50. The van der Waals surface area contributed by atoms with E-state index >= 15 is 4.39 Å². The van der Waals surface area contributed by atoms with Crippen molar-refractivity contribution in [3.8, 4) is 5.75 Å². The molecule has 3 aliphatic heterocycles. The van der Waals surface area contributed by atoms with Crippen LogP contribution in [0.5, 0.6) is 5.75 Å². The fourth-order valence-electron chi connectivity index (χ4n) is 6.92. The zero-order valence-electron chi connectivity index (χ0n) is 22.8. The van der Waals surface area contributed by atoms with Crippen LogP contribution < -0.4 is 14.5 Å². The molecule has 0 saturated carbocycles. The van der Waals surface area contributed by atoms with Gasteiger partial charge in [-0.25, -0.2) is 4.39 Å². The predicted molar refractivity (Wildman–Crippen MR) is 149 cm³/mol. The number of carbonyl (C=O) groups is 2. The van der Waals surface area contributed by atoms with Crippen LogP contribution in [0.4, 0.5) is 21.5 Å². The van der Waals surface area contributed by atoms with Gasteiger partial charge < -0.3 is 19.5 Å². The number of ether oxygens (including phenoxy) is 2. The van der Waals surface area contributed by atoms with Gasteiger partial charge in [-0.2, -0.15) is 0 Å². The summed E-state index contributed by atoms with van der Waals surface area (Å²) in [5, 5.41) is 9.72. The van der Waals surface area contributed by atoms with Gasteiger partial charge in [0.25, 0.3) is 11.8 Å². The number of aliphatic hydroxyl groups excluding tert-OH is 1. The molecule has 1 spiro atoms. The number of carbonyl (C=O) groups excluding carboxylic acids is 2. The topological polar surface area (TPSA) is 79.3 Å². The number of para-hydroxylation sites is 3. The lowest BCUT2D eigenvalue weighted by atomic mass is 9.71. The van der Waals surface area contributed by atoms with E-state index in [1.54, 1.807) is 9.80 Å². The molecular formula is C32H33FN2O5. The van der Waals surface area contributed by atoms with Gasteiger partial charge in [-0.3, -0.25) is 14.5 Å². The number of halogens is 1. The Bertz CT molecular complexity index is 1470. The van der Waals surface area contributed by atoms with Crippen molar-refractivity contribution >= 4 is 28.9 Å². The van der Waals surface area contributed by atoms with Gasteiger partial charge in [-0.15, -0.1) is 0 Å². The van der Waals surface area contributed by atoms with Crippen LogP contribution >= 0.6 is 0 Å². The standard InChI is InChI=1S/C32H33FN2O5/c1-20-29(31(2,3)33)27(15-16-36)40-32(20)23-11-4-5-12-24(23)34(30(32)38)18-21-9-8-10-22(17-21)35-25-13-6-7-14-26(25)39-19-28(35)37/h4-14,17,20,27,29,36H,15-16,18-19H2,1-3H3/t20-,27+,29-,32+/m0/s1. The van der Waals surface area contributed by atoms with Gasteiger partial charge in [-0.05, 0) is 56.2 Å². The molecule has 1 N–H and O–H groups in total. The van der Waals surface area contributed by atoms with Crippen LogP contribution in [0.3, 0.4) is 0 Å². The lowest BCUT2D eigenvalue weighted by Crippen LogP contribution is -2.45. The van der Waals surface area contributed by atoms with E-state index in [1.165, 1.54) is 13.8 Å². The first kappa shape index (κ1) is 26.5.